The molecule has 0 radical (unpaired) electrons. The summed E-state index contributed by atoms with van der Waals surface area (Å²) in [7, 11) is -1.66. The molecule has 2 nitrogen and oxygen atoms in total. The second kappa shape index (κ2) is 8.53. The SMILES string of the molecule is CC(C)[C@@H]1CC[C@@H](C)C[C@H]1OC(=O)[C@H](Cc1ccccc1)[Si](C)(C)C. The van der Waals surface area contributed by atoms with E-state index in [0.717, 1.165) is 12.8 Å². The molecule has 1 aliphatic rings. The molecule has 2 rings (SSSR count). The summed E-state index contributed by atoms with van der Waals surface area (Å²) in [5, 5.41) is 0. The first-order valence-electron chi connectivity index (χ1n) is 9.93. The van der Waals surface area contributed by atoms with E-state index >= 15 is 0 Å². The molecule has 1 fully saturated rings. The summed E-state index contributed by atoms with van der Waals surface area (Å²) < 4.78 is 6.19. The van der Waals surface area contributed by atoms with Crippen LogP contribution in [0, 0.1) is 17.8 Å². The van der Waals surface area contributed by atoms with E-state index in [1.807, 2.05) is 6.07 Å². The van der Waals surface area contributed by atoms with Crippen molar-refractivity contribution in [3.05, 3.63) is 35.9 Å². The van der Waals surface area contributed by atoms with Crippen molar-refractivity contribution >= 4 is 14.0 Å². The molecule has 1 aromatic carbocycles. The molecule has 0 unspecified atom stereocenters. The summed E-state index contributed by atoms with van der Waals surface area (Å²) in [6.45, 7) is 13.7. The van der Waals surface area contributed by atoms with Crippen LogP contribution in [0.4, 0.5) is 0 Å². The van der Waals surface area contributed by atoms with Crippen molar-refractivity contribution in [3.8, 4) is 0 Å². The van der Waals surface area contributed by atoms with Gasteiger partial charge in [-0.3, -0.25) is 4.79 Å². The minimum atomic E-state index is -1.66. The van der Waals surface area contributed by atoms with Gasteiger partial charge in [0.1, 0.15) is 6.10 Å². The fourth-order valence-electron chi connectivity index (χ4n) is 4.07. The third-order valence-electron chi connectivity index (χ3n) is 5.84. The van der Waals surface area contributed by atoms with Gasteiger partial charge in [-0.25, -0.2) is 0 Å². The Kier molecular flexibility index (Phi) is 6.90. The van der Waals surface area contributed by atoms with E-state index in [4.69, 9.17) is 4.74 Å². The first-order valence-corrected chi connectivity index (χ1v) is 13.5. The molecule has 3 heteroatoms. The topological polar surface area (TPSA) is 26.3 Å². The summed E-state index contributed by atoms with van der Waals surface area (Å²) >= 11 is 0. The lowest BCUT2D eigenvalue weighted by molar-refractivity contribution is -0.156. The van der Waals surface area contributed by atoms with Crippen LogP contribution in [0.3, 0.4) is 0 Å². The number of ether oxygens (including phenoxy) is 1. The molecule has 140 valence electrons. The van der Waals surface area contributed by atoms with Crippen LogP contribution in [0.1, 0.15) is 45.6 Å². The van der Waals surface area contributed by atoms with E-state index in [0.29, 0.717) is 17.8 Å². The van der Waals surface area contributed by atoms with Crippen molar-refractivity contribution in [2.45, 2.75) is 77.7 Å². The summed E-state index contributed by atoms with van der Waals surface area (Å²) in [6, 6.07) is 10.4. The summed E-state index contributed by atoms with van der Waals surface area (Å²) in [5.74, 6) is 1.80. The highest BCUT2D eigenvalue weighted by Gasteiger charge is 2.39. The average Bonchev–Trinajstić information content (AvgIpc) is 2.52. The van der Waals surface area contributed by atoms with E-state index in [2.05, 4.69) is 64.7 Å². The largest absolute Gasteiger partial charge is 0.462 e. The second-order valence-electron chi connectivity index (χ2n) is 9.41. The maximum atomic E-state index is 13.1. The van der Waals surface area contributed by atoms with Gasteiger partial charge in [-0.05, 0) is 42.6 Å². The van der Waals surface area contributed by atoms with Gasteiger partial charge in [0.2, 0.25) is 0 Å². The van der Waals surface area contributed by atoms with Crippen molar-refractivity contribution in [3.63, 3.8) is 0 Å². The van der Waals surface area contributed by atoms with Gasteiger partial charge in [0.15, 0.2) is 0 Å². The molecule has 25 heavy (non-hydrogen) atoms. The van der Waals surface area contributed by atoms with Crippen molar-refractivity contribution in [2.75, 3.05) is 0 Å². The Morgan fingerprint density at radius 3 is 2.36 bits per heavy atom. The minimum Gasteiger partial charge on any atom is -0.462 e. The third kappa shape index (κ3) is 5.70. The van der Waals surface area contributed by atoms with Crippen LogP contribution >= 0.6 is 0 Å². The van der Waals surface area contributed by atoms with Crippen LogP contribution in [0.25, 0.3) is 0 Å². The van der Waals surface area contributed by atoms with Gasteiger partial charge < -0.3 is 4.74 Å². The van der Waals surface area contributed by atoms with Gasteiger partial charge >= 0.3 is 5.97 Å². The van der Waals surface area contributed by atoms with Crippen molar-refractivity contribution in [2.24, 2.45) is 17.8 Å². The molecule has 0 amide bonds. The van der Waals surface area contributed by atoms with Crippen LogP contribution in [-0.4, -0.2) is 20.1 Å². The Hall–Kier alpha value is -1.09. The van der Waals surface area contributed by atoms with Crippen molar-refractivity contribution < 1.29 is 9.53 Å². The van der Waals surface area contributed by atoms with Crippen LogP contribution in [0.15, 0.2) is 30.3 Å². The predicted octanol–water partition coefficient (Wildman–Crippen LogP) is 5.94. The van der Waals surface area contributed by atoms with Gasteiger partial charge in [0.25, 0.3) is 0 Å². The standard InChI is InChI=1S/C22H36O2Si/c1-16(2)19-13-12-17(3)14-20(19)24-22(23)21(25(4,5)6)15-18-10-8-7-9-11-18/h7-11,16-17,19-21H,12-15H2,1-6H3/t17-,19+,20-,21+/m1/s1. The highest BCUT2D eigenvalue weighted by atomic mass is 28.3. The summed E-state index contributed by atoms with van der Waals surface area (Å²) in [5.41, 5.74) is 1.27. The van der Waals surface area contributed by atoms with Gasteiger partial charge in [0.05, 0.1) is 13.6 Å². The first kappa shape index (κ1) is 20.2. The molecule has 0 heterocycles. The highest BCUT2D eigenvalue weighted by Crippen LogP contribution is 2.37. The van der Waals surface area contributed by atoms with Crippen LogP contribution in [0.5, 0.6) is 0 Å². The van der Waals surface area contributed by atoms with E-state index in [9.17, 15) is 4.79 Å². The fourth-order valence-corrected chi connectivity index (χ4v) is 5.70. The van der Waals surface area contributed by atoms with Crippen LogP contribution in [-0.2, 0) is 16.0 Å². The number of esters is 1. The maximum Gasteiger partial charge on any atom is 0.306 e. The van der Waals surface area contributed by atoms with E-state index < -0.39 is 8.07 Å². The van der Waals surface area contributed by atoms with Crippen LogP contribution < -0.4 is 0 Å². The quantitative estimate of drug-likeness (QED) is 0.463. The summed E-state index contributed by atoms with van der Waals surface area (Å²) in [6.07, 6.45) is 4.39. The molecule has 1 aromatic rings. The van der Waals surface area contributed by atoms with Gasteiger partial charge in [-0.2, -0.15) is 0 Å². The molecule has 1 aliphatic carbocycles. The van der Waals surface area contributed by atoms with Crippen molar-refractivity contribution in [1.82, 2.24) is 0 Å². The molecule has 1 saturated carbocycles. The molecule has 4 atom stereocenters. The predicted molar refractivity (Wildman–Crippen MR) is 108 cm³/mol. The Bertz CT molecular complexity index is 547. The number of benzene rings is 1. The zero-order chi connectivity index (χ0) is 18.6. The number of hydrogen-bond donors (Lipinski definition) is 0. The monoisotopic (exact) mass is 360 g/mol. The molecule has 0 aromatic heterocycles. The first-order chi connectivity index (χ1) is 11.7. The van der Waals surface area contributed by atoms with E-state index in [1.54, 1.807) is 0 Å². The molecular weight excluding hydrogens is 324 g/mol. The van der Waals surface area contributed by atoms with Crippen LogP contribution in [0.2, 0.25) is 25.2 Å². The smallest absolute Gasteiger partial charge is 0.306 e. The number of carbonyl (C=O) groups excluding carboxylic acids is 1. The lowest BCUT2D eigenvalue weighted by atomic mass is 9.75. The average molecular weight is 361 g/mol. The Labute approximate surface area is 155 Å². The Morgan fingerprint density at radius 2 is 1.80 bits per heavy atom. The molecule has 0 spiro atoms. The van der Waals surface area contributed by atoms with E-state index in [1.165, 1.54) is 18.4 Å². The van der Waals surface area contributed by atoms with Gasteiger partial charge in [0, 0.05) is 0 Å². The number of hydrogen-bond acceptors (Lipinski definition) is 2. The third-order valence-corrected chi connectivity index (χ3v) is 8.37. The lowest BCUT2D eigenvalue weighted by Gasteiger charge is -2.38. The highest BCUT2D eigenvalue weighted by molar-refractivity contribution is 6.80. The number of carbonyl (C=O) groups is 1. The molecule has 0 bridgehead atoms. The minimum absolute atomic E-state index is 0.0277. The maximum absolute atomic E-state index is 13.1. The zero-order valence-corrected chi connectivity index (χ0v) is 17.9. The fraction of sp³-hybridized carbons (Fsp3) is 0.682. The summed E-state index contributed by atoms with van der Waals surface area (Å²) in [4.78, 5) is 13.1. The molecule has 0 N–H and O–H groups in total. The molecule has 0 aliphatic heterocycles. The lowest BCUT2D eigenvalue weighted by Crippen LogP contribution is -2.41. The van der Waals surface area contributed by atoms with Gasteiger partial charge in [-0.15, -0.1) is 0 Å². The van der Waals surface area contributed by atoms with Crippen molar-refractivity contribution in [1.29, 1.82) is 0 Å². The van der Waals surface area contributed by atoms with E-state index in [-0.39, 0.29) is 17.6 Å². The molecule has 0 saturated heterocycles. The number of rotatable bonds is 6. The Morgan fingerprint density at radius 1 is 1.16 bits per heavy atom. The Balaban J connectivity index is 2.12. The zero-order valence-electron chi connectivity index (χ0n) is 16.9. The normalized spacial score (nSPS) is 25.6. The molecular formula is C22H36O2Si. The van der Waals surface area contributed by atoms with Gasteiger partial charge in [-0.1, -0.05) is 77.2 Å². The second-order valence-corrected chi connectivity index (χ2v) is 14.8.